The van der Waals surface area contributed by atoms with E-state index in [1.807, 2.05) is 54.4 Å². The van der Waals surface area contributed by atoms with Crippen LogP contribution in [-0.4, -0.2) is 27.8 Å². The highest BCUT2D eigenvalue weighted by Gasteiger charge is 2.73. The molecule has 5 rings (SSSR count). The lowest BCUT2D eigenvalue weighted by atomic mass is 9.63. The second-order valence-corrected chi connectivity index (χ2v) is 9.42. The summed E-state index contributed by atoms with van der Waals surface area (Å²) in [5.41, 5.74) is 3.82. The lowest BCUT2D eigenvalue weighted by Gasteiger charge is -2.41. The van der Waals surface area contributed by atoms with Gasteiger partial charge in [0, 0.05) is 19.0 Å². The van der Waals surface area contributed by atoms with Crippen LogP contribution in [0.25, 0.3) is 11.0 Å². The molecule has 2 aliphatic rings. The van der Waals surface area contributed by atoms with Crippen LogP contribution in [-0.2, 0) is 22.2 Å². The van der Waals surface area contributed by atoms with Gasteiger partial charge in [0.2, 0.25) is 5.91 Å². The predicted molar refractivity (Wildman–Crippen MR) is 114 cm³/mol. The Balaban J connectivity index is 1.66. The van der Waals surface area contributed by atoms with Gasteiger partial charge in [0.25, 0.3) is 0 Å². The zero-order chi connectivity index (χ0) is 20.4. The second kappa shape index (κ2) is 5.88. The van der Waals surface area contributed by atoms with E-state index in [9.17, 15) is 4.79 Å². The van der Waals surface area contributed by atoms with Crippen LogP contribution in [0.15, 0.2) is 54.6 Å². The number of amides is 1. The summed E-state index contributed by atoms with van der Waals surface area (Å²) in [5.74, 6) is 0.165. The Morgan fingerprint density at radius 3 is 2.14 bits per heavy atom. The number of carbonyl (C=O) groups excluding carboxylic acids is 1. The number of aromatic nitrogens is 2. The smallest absolute Gasteiger partial charge is 0.235 e. The summed E-state index contributed by atoms with van der Waals surface area (Å²) in [5, 5.41) is 0. The van der Waals surface area contributed by atoms with Crippen LogP contribution in [0, 0.1) is 5.41 Å². The fraction of sp³-hybridized carbons (Fsp3) is 0.400. The third kappa shape index (κ3) is 2.17. The van der Waals surface area contributed by atoms with Gasteiger partial charge in [-0.25, -0.2) is 9.97 Å². The molecule has 148 valence electrons. The molecule has 29 heavy (non-hydrogen) atoms. The highest BCUT2D eigenvalue weighted by molar-refractivity contribution is 5.92. The molecule has 2 bridgehead atoms. The molecule has 0 unspecified atom stereocenters. The van der Waals surface area contributed by atoms with Gasteiger partial charge in [0.1, 0.15) is 0 Å². The van der Waals surface area contributed by atoms with Gasteiger partial charge in [-0.1, -0.05) is 63.2 Å². The number of carbonyl (C=O) groups is 1. The van der Waals surface area contributed by atoms with E-state index >= 15 is 0 Å². The van der Waals surface area contributed by atoms with Crippen molar-refractivity contribution in [3.05, 3.63) is 71.5 Å². The van der Waals surface area contributed by atoms with Gasteiger partial charge in [-0.05, 0) is 36.0 Å². The molecule has 1 saturated carbocycles. The van der Waals surface area contributed by atoms with Crippen LogP contribution in [0.1, 0.15) is 50.6 Å². The summed E-state index contributed by atoms with van der Waals surface area (Å²) < 4.78 is 0. The summed E-state index contributed by atoms with van der Waals surface area (Å²) in [4.78, 5) is 26.0. The van der Waals surface area contributed by atoms with Crippen molar-refractivity contribution in [2.24, 2.45) is 5.41 Å². The van der Waals surface area contributed by atoms with E-state index in [1.54, 1.807) is 0 Å². The summed E-state index contributed by atoms with van der Waals surface area (Å²) >= 11 is 0. The molecule has 3 aromatic rings. The third-order valence-corrected chi connectivity index (χ3v) is 7.92. The van der Waals surface area contributed by atoms with Gasteiger partial charge in [0.05, 0.1) is 27.8 Å². The monoisotopic (exact) mass is 385 g/mol. The molecule has 1 aromatic heterocycles. The average molecular weight is 386 g/mol. The molecular weight excluding hydrogens is 358 g/mol. The standard InChI is InChI=1S/C25H27N3O/c1-23(2)24(3)14-15-25(23,22(29)28(4)16-17-10-6-5-7-11-17)21-20(24)26-18-12-8-9-13-19(18)27-21/h5-13H,14-16H2,1-4H3/t24-,25+/m1/s1. The van der Waals surface area contributed by atoms with Gasteiger partial charge < -0.3 is 4.90 Å². The molecule has 1 amide bonds. The zero-order valence-corrected chi connectivity index (χ0v) is 17.6. The number of rotatable bonds is 3. The van der Waals surface area contributed by atoms with Crippen molar-refractivity contribution in [1.82, 2.24) is 14.9 Å². The lowest BCUT2D eigenvalue weighted by Crippen LogP contribution is -2.51. The zero-order valence-electron chi connectivity index (χ0n) is 17.6. The van der Waals surface area contributed by atoms with Gasteiger partial charge in [-0.15, -0.1) is 0 Å². The first-order valence-electron chi connectivity index (χ1n) is 10.4. The Bertz CT molecular complexity index is 1120. The normalized spacial score (nSPS) is 26.5. The SMILES string of the molecule is CN(Cc1ccccc1)C(=O)[C@]12CC[C@](C)(c3nc4ccccc4nc31)C2(C)C. The van der Waals surface area contributed by atoms with E-state index in [4.69, 9.17) is 9.97 Å². The van der Waals surface area contributed by atoms with Gasteiger partial charge >= 0.3 is 0 Å². The van der Waals surface area contributed by atoms with Crippen LogP contribution in [0.2, 0.25) is 0 Å². The quantitative estimate of drug-likeness (QED) is 0.661. The third-order valence-electron chi connectivity index (χ3n) is 7.92. The molecule has 4 heteroatoms. The molecule has 1 fully saturated rings. The van der Waals surface area contributed by atoms with Crippen LogP contribution in [0.5, 0.6) is 0 Å². The Morgan fingerprint density at radius 1 is 0.897 bits per heavy atom. The van der Waals surface area contributed by atoms with E-state index in [0.717, 1.165) is 40.8 Å². The Hall–Kier alpha value is -2.75. The van der Waals surface area contributed by atoms with Gasteiger partial charge in [-0.2, -0.15) is 0 Å². The van der Waals surface area contributed by atoms with Crippen molar-refractivity contribution in [3.63, 3.8) is 0 Å². The Labute approximate surface area is 172 Å². The van der Waals surface area contributed by atoms with Crippen LogP contribution in [0.4, 0.5) is 0 Å². The summed E-state index contributed by atoms with van der Waals surface area (Å²) in [6.45, 7) is 7.35. The lowest BCUT2D eigenvalue weighted by molar-refractivity contribution is -0.140. The van der Waals surface area contributed by atoms with Crippen molar-refractivity contribution in [2.75, 3.05) is 7.05 Å². The van der Waals surface area contributed by atoms with Crippen LogP contribution in [0.3, 0.4) is 0 Å². The maximum atomic E-state index is 14.0. The highest BCUT2D eigenvalue weighted by atomic mass is 16.2. The number of para-hydroxylation sites is 2. The minimum Gasteiger partial charge on any atom is -0.341 e. The van der Waals surface area contributed by atoms with Crippen molar-refractivity contribution >= 4 is 16.9 Å². The number of nitrogens with zero attached hydrogens (tertiary/aromatic N) is 3. The Morgan fingerprint density at radius 2 is 1.48 bits per heavy atom. The Kier molecular flexibility index (Phi) is 3.71. The molecule has 2 aliphatic carbocycles. The molecule has 2 atom stereocenters. The number of hydrogen-bond acceptors (Lipinski definition) is 3. The molecule has 1 heterocycles. The molecule has 0 N–H and O–H groups in total. The van der Waals surface area contributed by atoms with E-state index in [2.05, 4.69) is 32.9 Å². The van der Waals surface area contributed by atoms with Crippen molar-refractivity contribution in [1.29, 1.82) is 0 Å². The summed E-state index contributed by atoms with van der Waals surface area (Å²) in [6, 6.07) is 18.2. The number of fused-ring (bicyclic) bond motifs is 6. The molecule has 0 spiro atoms. The van der Waals surface area contributed by atoms with Crippen molar-refractivity contribution in [3.8, 4) is 0 Å². The van der Waals surface area contributed by atoms with Crippen LogP contribution >= 0.6 is 0 Å². The topological polar surface area (TPSA) is 46.1 Å². The van der Waals surface area contributed by atoms with Crippen molar-refractivity contribution < 1.29 is 4.79 Å². The summed E-state index contributed by atoms with van der Waals surface area (Å²) in [7, 11) is 1.92. The fourth-order valence-corrected chi connectivity index (χ4v) is 5.78. The molecular formula is C25H27N3O. The maximum absolute atomic E-state index is 14.0. The van der Waals surface area contributed by atoms with Gasteiger partial charge in [0.15, 0.2) is 0 Å². The molecule has 2 aromatic carbocycles. The van der Waals surface area contributed by atoms with E-state index in [-0.39, 0.29) is 16.7 Å². The second-order valence-electron chi connectivity index (χ2n) is 9.42. The minimum absolute atomic E-state index is 0.150. The van der Waals surface area contributed by atoms with E-state index < -0.39 is 5.41 Å². The van der Waals surface area contributed by atoms with Crippen LogP contribution < -0.4 is 0 Å². The first-order valence-corrected chi connectivity index (χ1v) is 10.4. The highest BCUT2D eigenvalue weighted by Crippen LogP contribution is 2.70. The number of hydrogen-bond donors (Lipinski definition) is 0. The van der Waals surface area contributed by atoms with Crippen molar-refractivity contribution in [2.45, 2.75) is 51.0 Å². The molecule has 0 saturated heterocycles. The van der Waals surface area contributed by atoms with Gasteiger partial charge in [-0.3, -0.25) is 4.79 Å². The predicted octanol–water partition coefficient (Wildman–Crippen LogP) is 4.62. The minimum atomic E-state index is -0.627. The first kappa shape index (κ1) is 18.3. The summed E-state index contributed by atoms with van der Waals surface area (Å²) in [6.07, 6.45) is 1.79. The molecule has 4 nitrogen and oxygen atoms in total. The number of likely N-dealkylation sites (N-methyl/N-ethyl adjacent to an activating group) is 1. The maximum Gasteiger partial charge on any atom is 0.235 e. The first-order chi connectivity index (χ1) is 13.8. The van der Waals surface area contributed by atoms with E-state index in [0.29, 0.717) is 6.54 Å². The molecule has 0 radical (unpaired) electrons. The number of benzene rings is 2. The van der Waals surface area contributed by atoms with E-state index in [1.165, 1.54) is 0 Å². The molecule has 0 aliphatic heterocycles. The average Bonchev–Trinajstić information content (AvgIpc) is 3.02. The fourth-order valence-electron chi connectivity index (χ4n) is 5.78. The largest absolute Gasteiger partial charge is 0.341 e.